The van der Waals surface area contributed by atoms with Crippen molar-refractivity contribution in [1.82, 2.24) is 25.5 Å². The number of nitrogens with two attached hydrogens (primary N) is 3. The Balaban J connectivity index is 1.27. The van der Waals surface area contributed by atoms with E-state index in [1.807, 2.05) is 0 Å². The van der Waals surface area contributed by atoms with E-state index >= 15 is 0 Å². The first-order valence-corrected chi connectivity index (χ1v) is 12.3. The van der Waals surface area contributed by atoms with Gasteiger partial charge in [-0.3, -0.25) is 9.59 Å². The number of benzene rings is 1. The van der Waals surface area contributed by atoms with E-state index in [0.29, 0.717) is 43.1 Å². The number of piperidine rings is 1. The van der Waals surface area contributed by atoms with Crippen molar-refractivity contribution in [3.8, 4) is 0 Å². The van der Waals surface area contributed by atoms with Gasteiger partial charge in [-0.25, -0.2) is 9.97 Å². The van der Waals surface area contributed by atoms with E-state index in [1.54, 1.807) is 29.2 Å². The van der Waals surface area contributed by atoms with Crippen molar-refractivity contribution >= 4 is 58.4 Å². The highest BCUT2D eigenvalue weighted by atomic mass is 35.5. The van der Waals surface area contributed by atoms with Crippen LogP contribution in [0.3, 0.4) is 0 Å². The Hall–Kier alpha value is -4.10. The van der Waals surface area contributed by atoms with Gasteiger partial charge in [0, 0.05) is 30.2 Å². The van der Waals surface area contributed by atoms with Crippen LogP contribution < -0.4 is 27.8 Å². The predicted molar refractivity (Wildman–Crippen MR) is 144 cm³/mol. The van der Waals surface area contributed by atoms with Crippen LogP contribution >= 0.6 is 23.2 Å². The highest BCUT2D eigenvalue weighted by Crippen LogP contribution is 2.26. The zero-order valence-electron chi connectivity index (χ0n) is 20.2. The summed E-state index contributed by atoms with van der Waals surface area (Å²) in [5, 5.41) is 10.6. The lowest BCUT2D eigenvalue weighted by Gasteiger charge is -2.38. The molecular weight excluding hydrogens is 535 g/mol. The SMILES string of the molecule is C=C(CC(=O)N1CCC2(CC1)CN/C(=N\C(=O)c1nc(Cl)c(N)nc1N)N2)O/N=C(\N)c1ccc(Cl)cc1. The Morgan fingerprint density at radius 3 is 2.50 bits per heavy atom. The number of oxime groups is 1. The monoisotopic (exact) mass is 560 g/mol. The summed E-state index contributed by atoms with van der Waals surface area (Å²) in [6.45, 7) is 5.27. The molecule has 1 aromatic carbocycles. The number of guanidine groups is 1. The summed E-state index contributed by atoms with van der Waals surface area (Å²) in [7, 11) is 0. The first-order valence-electron chi connectivity index (χ1n) is 11.5. The maximum Gasteiger partial charge on any atom is 0.302 e. The number of nitrogen functional groups attached to an aromatic ring is 2. The van der Waals surface area contributed by atoms with E-state index in [4.69, 9.17) is 45.2 Å². The third-order valence-electron chi connectivity index (χ3n) is 6.13. The molecule has 3 heterocycles. The van der Waals surface area contributed by atoms with Crippen molar-refractivity contribution < 1.29 is 14.4 Å². The number of carbonyl (C=O) groups excluding carboxylic acids is 2. The molecule has 0 unspecified atom stereocenters. The molecule has 4 rings (SSSR count). The minimum atomic E-state index is -0.713. The van der Waals surface area contributed by atoms with Crippen LogP contribution in [0.1, 0.15) is 35.3 Å². The van der Waals surface area contributed by atoms with Crippen LogP contribution in [0.4, 0.5) is 11.6 Å². The van der Waals surface area contributed by atoms with Gasteiger partial charge in [0.1, 0.15) is 5.76 Å². The summed E-state index contributed by atoms with van der Waals surface area (Å²) in [5.41, 5.74) is 17.3. The number of likely N-dealkylation sites (tertiary alicyclic amines) is 1. The number of rotatable bonds is 6. The topological polar surface area (TPSA) is 199 Å². The van der Waals surface area contributed by atoms with E-state index in [9.17, 15) is 9.59 Å². The Morgan fingerprint density at radius 2 is 1.82 bits per heavy atom. The van der Waals surface area contributed by atoms with Crippen LogP contribution in [-0.2, 0) is 9.63 Å². The lowest BCUT2D eigenvalue weighted by Crippen LogP contribution is -2.53. The van der Waals surface area contributed by atoms with Crippen molar-refractivity contribution in [2.75, 3.05) is 31.1 Å². The third kappa shape index (κ3) is 6.23. The van der Waals surface area contributed by atoms with Gasteiger partial charge in [0.15, 0.2) is 34.3 Å². The van der Waals surface area contributed by atoms with Gasteiger partial charge in [-0.1, -0.05) is 34.9 Å². The zero-order chi connectivity index (χ0) is 27.4. The number of hydrogen-bond acceptors (Lipinski definition) is 8. The summed E-state index contributed by atoms with van der Waals surface area (Å²) >= 11 is 11.7. The number of hydrogen-bond donors (Lipinski definition) is 5. The first kappa shape index (κ1) is 26.9. The van der Waals surface area contributed by atoms with Gasteiger partial charge in [0.25, 0.3) is 0 Å². The fraction of sp³-hybridized carbons (Fsp3) is 0.304. The predicted octanol–water partition coefficient (Wildman–Crippen LogP) is 1.24. The van der Waals surface area contributed by atoms with E-state index < -0.39 is 5.91 Å². The van der Waals surface area contributed by atoms with Gasteiger partial charge in [-0.2, -0.15) is 4.99 Å². The second-order valence-electron chi connectivity index (χ2n) is 8.83. The molecule has 38 heavy (non-hydrogen) atoms. The molecule has 15 heteroatoms. The normalized spacial score (nSPS) is 17.7. The van der Waals surface area contributed by atoms with Crippen molar-refractivity contribution in [1.29, 1.82) is 0 Å². The molecule has 200 valence electrons. The number of carbonyl (C=O) groups is 2. The van der Waals surface area contributed by atoms with Crippen LogP contribution in [-0.4, -0.2) is 63.7 Å². The molecule has 0 atom stereocenters. The van der Waals surface area contributed by atoms with E-state index in [2.05, 4.69) is 37.3 Å². The first-order chi connectivity index (χ1) is 18.0. The van der Waals surface area contributed by atoms with Gasteiger partial charge >= 0.3 is 5.91 Å². The molecule has 1 aromatic heterocycles. The van der Waals surface area contributed by atoms with Crippen LogP contribution in [0, 0.1) is 0 Å². The van der Waals surface area contributed by atoms with Gasteiger partial charge in [-0.15, -0.1) is 0 Å². The van der Waals surface area contributed by atoms with Gasteiger partial charge < -0.3 is 37.6 Å². The second kappa shape index (κ2) is 11.1. The average Bonchev–Trinajstić information content (AvgIpc) is 3.26. The molecule has 2 aliphatic heterocycles. The molecule has 0 bridgehead atoms. The molecule has 8 N–H and O–H groups in total. The Labute approximate surface area is 228 Å². The largest absolute Gasteiger partial charge is 0.382 e. The quantitative estimate of drug-likeness (QED) is 0.148. The molecule has 0 saturated carbocycles. The molecule has 1 spiro atoms. The zero-order valence-corrected chi connectivity index (χ0v) is 21.7. The molecule has 2 aliphatic rings. The summed E-state index contributed by atoms with van der Waals surface area (Å²) in [4.78, 5) is 43.9. The lowest BCUT2D eigenvalue weighted by molar-refractivity contribution is -0.132. The number of amides is 2. The average molecular weight is 561 g/mol. The van der Waals surface area contributed by atoms with Crippen molar-refractivity contribution in [2.24, 2.45) is 15.9 Å². The second-order valence-corrected chi connectivity index (χ2v) is 9.62. The fourth-order valence-corrected chi connectivity index (χ4v) is 4.25. The highest BCUT2D eigenvalue weighted by Gasteiger charge is 2.40. The molecule has 2 aromatic rings. The molecule has 0 aliphatic carbocycles. The fourth-order valence-electron chi connectivity index (χ4n) is 4.00. The van der Waals surface area contributed by atoms with Crippen molar-refractivity contribution in [3.63, 3.8) is 0 Å². The van der Waals surface area contributed by atoms with E-state index in [0.717, 1.165) is 0 Å². The number of nitrogens with one attached hydrogen (secondary N) is 2. The highest BCUT2D eigenvalue weighted by molar-refractivity contribution is 6.31. The molecule has 0 radical (unpaired) electrons. The van der Waals surface area contributed by atoms with Crippen molar-refractivity contribution in [3.05, 3.63) is 58.0 Å². The van der Waals surface area contributed by atoms with Crippen LogP contribution in [0.2, 0.25) is 10.2 Å². The third-order valence-corrected chi connectivity index (χ3v) is 6.66. The summed E-state index contributed by atoms with van der Waals surface area (Å²) < 4.78 is 0. The summed E-state index contributed by atoms with van der Waals surface area (Å²) in [6.07, 6.45) is 1.22. The minimum Gasteiger partial charge on any atom is -0.382 e. The molecule has 2 saturated heterocycles. The molecular formula is C23H26Cl2N10O3. The Morgan fingerprint density at radius 1 is 1.13 bits per heavy atom. The van der Waals surface area contributed by atoms with Crippen LogP contribution in [0.5, 0.6) is 0 Å². The lowest BCUT2D eigenvalue weighted by atomic mass is 9.88. The number of nitrogens with zero attached hydrogens (tertiary/aromatic N) is 5. The van der Waals surface area contributed by atoms with E-state index in [-0.39, 0.29) is 57.9 Å². The van der Waals surface area contributed by atoms with Gasteiger partial charge in [-0.05, 0) is 37.1 Å². The van der Waals surface area contributed by atoms with Crippen LogP contribution in [0.15, 0.2) is 46.8 Å². The Kier molecular flexibility index (Phi) is 7.88. The van der Waals surface area contributed by atoms with Gasteiger partial charge in [0.2, 0.25) is 5.91 Å². The number of halogens is 2. The standard InChI is InChI=1S/C23H26Cl2N10O3/c1-12(38-34-18(26)13-2-4-14(24)5-3-13)10-15(36)35-8-6-23(7-9-35)11-29-22(33-23)32-21(37)16-19(27)31-20(28)17(25)30-16/h2-5H,1,6-11H2,(H2,26,34)(H4,27,28,31)(H2,29,32,33,37). The molecule has 2 fully saturated rings. The number of amidine groups is 1. The van der Waals surface area contributed by atoms with Gasteiger partial charge in [0.05, 0.1) is 12.0 Å². The van der Waals surface area contributed by atoms with Crippen molar-refractivity contribution in [2.45, 2.75) is 24.8 Å². The maximum atomic E-state index is 12.8. The number of aliphatic imine (C=N–C) groups is 1. The van der Waals surface area contributed by atoms with E-state index in [1.165, 1.54) is 0 Å². The molecule has 13 nitrogen and oxygen atoms in total. The Bertz CT molecular complexity index is 1320. The van der Waals surface area contributed by atoms with Crippen LogP contribution in [0.25, 0.3) is 0 Å². The summed E-state index contributed by atoms with van der Waals surface area (Å²) in [6, 6.07) is 6.78. The smallest absolute Gasteiger partial charge is 0.302 e. The number of anilines is 2. The summed E-state index contributed by atoms with van der Waals surface area (Å²) in [5.74, 6) is -0.503. The molecule has 2 amide bonds. The maximum absolute atomic E-state index is 12.8. The number of aromatic nitrogens is 2. The minimum absolute atomic E-state index is 0.0378.